The van der Waals surface area contributed by atoms with E-state index in [1.807, 2.05) is 6.92 Å². The quantitative estimate of drug-likeness (QED) is 0.625. The minimum Gasteiger partial charge on any atom is -0.258 e. The molecule has 0 saturated carbocycles. The molecule has 0 N–H and O–H groups in total. The van der Waals surface area contributed by atoms with Gasteiger partial charge in [-0.1, -0.05) is 0 Å². The van der Waals surface area contributed by atoms with Crippen molar-refractivity contribution < 1.29 is 4.92 Å². The summed E-state index contributed by atoms with van der Waals surface area (Å²) in [5.74, 6) is 0.210. The van der Waals surface area contributed by atoms with E-state index in [0.717, 1.165) is 5.56 Å². The van der Waals surface area contributed by atoms with Crippen LogP contribution in [0.2, 0.25) is 0 Å². The zero-order valence-corrected chi connectivity index (χ0v) is 9.88. The van der Waals surface area contributed by atoms with E-state index in [-0.39, 0.29) is 11.5 Å². The first-order valence-corrected chi connectivity index (χ1v) is 5.19. The van der Waals surface area contributed by atoms with Crippen molar-refractivity contribution in [2.75, 3.05) is 0 Å². The van der Waals surface area contributed by atoms with E-state index in [9.17, 15) is 10.1 Å². The average Bonchev–Trinajstić information content (AvgIpc) is 2.64. The predicted molar refractivity (Wildman–Crippen MR) is 60.5 cm³/mol. The van der Waals surface area contributed by atoms with Crippen LogP contribution in [0.4, 0.5) is 5.69 Å². The zero-order valence-electron chi connectivity index (χ0n) is 8.29. The van der Waals surface area contributed by atoms with Gasteiger partial charge in [-0.2, -0.15) is 5.10 Å². The average molecular weight is 283 g/mol. The molecule has 0 aromatic carbocycles. The highest BCUT2D eigenvalue weighted by Gasteiger charge is 2.17. The van der Waals surface area contributed by atoms with E-state index in [1.54, 1.807) is 12.4 Å². The Morgan fingerprint density at radius 1 is 1.50 bits per heavy atom. The van der Waals surface area contributed by atoms with E-state index in [2.05, 4.69) is 26.0 Å². The molecule has 6 nitrogen and oxygen atoms in total. The molecule has 0 atom stereocenters. The summed E-state index contributed by atoms with van der Waals surface area (Å²) in [6.45, 7) is 1.86. The second-order valence-corrected chi connectivity index (χ2v) is 4.13. The van der Waals surface area contributed by atoms with Crippen molar-refractivity contribution in [1.82, 2.24) is 14.8 Å². The molecule has 2 aromatic heterocycles. The van der Waals surface area contributed by atoms with E-state index in [0.29, 0.717) is 4.47 Å². The van der Waals surface area contributed by atoms with E-state index in [4.69, 9.17) is 0 Å². The number of pyridine rings is 1. The van der Waals surface area contributed by atoms with Crippen molar-refractivity contribution in [3.63, 3.8) is 0 Å². The van der Waals surface area contributed by atoms with Crippen LogP contribution in [0.5, 0.6) is 0 Å². The Balaban J connectivity index is 2.60. The topological polar surface area (TPSA) is 73.8 Å². The summed E-state index contributed by atoms with van der Waals surface area (Å²) in [6.07, 6.45) is 4.80. The normalized spacial score (nSPS) is 10.4. The number of aromatic nitrogens is 3. The molecule has 2 heterocycles. The lowest BCUT2D eigenvalue weighted by molar-refractivity contribution is -0.385. The second-order valence-electron chi connectivity index (χ2n) is 3.22. The van der Waals surface area contributed by atoms with Gasteiger partial charge in [-0.25, -0.2) is 9.67 Å². The summed E-state index contributed by atoms with van der Waals surface area (Å²) in [5.41, 5.74) is 0.830. The molecule has 0 bridgehead atoms. The van der Waals surface area contributed by atoms with Gasteiger partial charge < -0.3 is 0 Å². The highest BCUT2D eigenvalue weighted by atomic mass is 79.9. The van der Waals surface area contributed by atoms with Gasteiger partial charge >= 0.3 is 5.69 Å². The van der Waals surface area contributed by atoms with Crippen LogP contribution in [-0.2, 0) is 0 Å². The molecule has 2 aromatic rings. The number of hydrogen-bond acceptors (Lipinski definition) is 4. The van der Waals surface area contributed by atoms with E-state index >= 15 is 0 Å². The van der Waals surface area contributed by atoms with E-state index in [1.165, 1.54) is 16.9 Å². The van der Waals surface area contributed by atoms with Crippen LogP contribution in [0.1, 0.15) is 5.56 Å². The minimum atomic E-state index is -0.482. The van der Waals surface area contributed by atoms with Crippen LogP contribution in [-0.4, -0.2) is 19.7 Å². The fourth-order valence-corrected chi connectivity index (χ4v) is 1.58. The highest BCUT2D eigenvalue weighted by Crippen LogP contribution is 2.23. The first-order valence-electron chi connectivity index (χ1n) is 4.39. The van der Waals surface area contributed by atoms with Gasteiger partial charge in [-0.3, -0.25) is 10.1 Å². The molecule has 82 valence electrons. The number of nitro groups is 1. The molecule has 0 fully saturated rings. The summed E-state index contributed by atoms with van der Waals surface area (Å²) in [7, 11) is 0. The lowest BCUT2D eigenvalue weighted by atomic mass is 10.4. The molecular weight excluding hydrogens is 276 g/mol. The summed E-state index contributed by atoms with van der Waals surface area (Å²) >= 11 is 3.15. The second kappa shape index (κ2) is 4.01. The van der Waals surface area contributed by atoms with Crippen LogP contribution < -0.4 is 0 Å². The number of halogens is 1. The highest BCUT2D eigenvalue weighted by molar-refractivity contribution is 9.10. The number of nitrogens with zero attached hydrogens (tertiary/aromatic N) is 4. The van der Waals surface area contributed by atoms with Crippen molar-refractivity contribution in [3.8, 4) is 5.82 Å². The van der Waals surface area contributed by atoms with Gasteiger partial charge in [0.2, 0.25) is 5.82 Å². The van der Waals surface area contributed by atoms with Crippen LogP contribution >= 0.6 is 15.9 Å². The Labute approximate surface area is 99.2 Å². The van der Waals surface area contributed by atoms with Gasteiger partial charge in [0.25, 0.3) is 0 Å². The summed E-state index contributed by atoms with van der Waals surface area (Å²) in [6, 6.07) is 1.40. The Kier molecular flexibility index (Phi) is 2.69. The van der Waals surface area contributed by atoms with Crippen molar-refractivity contribution in [1.29, 1.82) is 0 Å². The standard InChI is InChI=1S/C9H7BrN4O2/c1-6-3-12-13(5-6)9-8(14(15)16)2-7(10)4-11-9/h2-5H,1H3. The molecule has 0 radical (unpaired) electrons. The Morgan fingerprint density at radius 2 is 2.25 bits per heavy atom. The molecule has 2 rings (SSSR count). The molecule has 0 aliphatic heterocycles. The first-order chi connectivity index (χ1) is 7.58. The molecule has 0 unspecified atom stereocenters. The van der Waals surface area contributed by atoms with Crippen LogP contribution in [0.25, 0.3) is 5.82 Å². The molecule has 0 spiro atoms. The van der Waals surface area contributed by atoms with Crippen LogP contribution in [0.3, 0.4) is 0 Å². The van der Waals surface area contributed by atoms with Crippen molar-refractivity contribution in [2.45, 2.75) is 6.92 Å². The zero-order chi connectivity index (χ0) is 11.7. The van der Waals surface area contributed by atoms with Crippen molar-refractivity contribution in [3.05, 3.63) is 44.8 Å². The molecule has 0 amide bonds. The van der Waals surface area contributed by atoms with Gasteiger partial charge in [-0.15, -0.1) is 0 Å². The van der Waals surface area contributed by atoms with Crippen molar-refractivity contribution >= 4 is 21.6 Å². The lowest BCUT2D eigenvalue weighted by Gasteiger charge is -2.01. The number of hydrogen-bond donors (Lipinski definition) is 0. The van der Waals surface area contributed by atoms with Gasteiger partial charge in [0.05, 0.1) is 11.1 Å². The molecular formula is C9H7BrN4O2. The maximum Gasteiger partial charge on any atom is 0.314 e. The monoisotopic (exact) mass is 282 g/mol. The number of rotatable bonds is 2. The van der Waals surface area contributed by atoms with Crippen LogP contribution in [0.15, 0.2) is 29.1 Å². The minimum absolute atomic E-state index is 0.0857. The maximum absolute atomic E-state index is 10.9. The first kappa shape index (κ1) is 10.7. The van der Waals surface area contributed by atoms with Gasteiger partial charge in [0.1, 0.15) is 0 Å². The molecule has 0 aliphatic carbocycles. The summed E-state index contributed by atoms with van der Waals surface area (Å²) in [4.78, 5) is 14.4. The fraction of sp³-hybridized carbons (Fsp3) is 0.111. The third-order valence-corrected chi connectivity index (χ3v) is 2.37. The van der Waals surface area contributed by atoms with Crippen LogP contribution in [0, 0.1) is 17.0 Å². The Morgan fingerprint density at radius 3 is 2.81 bits per heavy atom. The predicted octanol–water partition coefficient (Wildman–Crippen LogP) is 2.25. The number of aryl methyl sites for hydroxylation is 1. The van der Waals surface area contributed by atoms with Gasteiger partial charge in [0.15, 0.2) is 0 Å². The molecule has 16 heavy (non-hydrogen) atoms. The van der Waals surface area contributed by atoms with Crippen molar-refractivity contribution in [2.24, 2.45) is 0 Å². The maximum atomic E-state index is 10.9. The van der Waals surface area contributed by atoms with Gasteiger partial charge in [-0.05, 0) is 28.4 Å². The molecule has 0 saturated heterocycles. The Bertz CT molecular complexity index is 552. The Hall–Kier alpha value is -1.76. The SMILES string of the molecule is Cc1cnn(-c2ncc(Br)cc2[N+](=O)[O-])c1. The molecule has 7 heteroatoms. The van der Waals surface area contributed by atoms with Gasteiger partial charge in [0, 0.05) is 22.9 Å². The largest absolute Gasteiger partial charge is 0.314 e. The lowest BCUT2D eigenvalue weighted by Crippen LogP contribution is -2.03. The third kappa shape index (κ3) is 1.94. The fourth-order valence-electron chi connectivity index (χ4n) is 1.26. The summed E-state index contributed by atoms with van der Waals surface area (Å²) < 4.78 is 1.95. The smallest absolute Gasteiger partial charge is 0.258 e. The molecule has 0 aliphatic rings. The third-order valence-electron chi connectivity index (χ3n) is 1.94. The summed E-state index contributed by atoms with van der Waals surface area (Å²) in [5, 5.41) is 14.9. The van der Waals surface area contributed by atoms with E-state index < -0.39 is 4.92 Å².